The highest BCUT2D eigenvalue weighted by atomic mass is 32.1. The lowest BCUT2D eigenvalue weighted by atomic mass is 9.93. The SMILES string of the molecule is CC(C)(C)c1csc(CCCOc2ccccc2N)n1. The zero-order chi connectivity index (χ0) is 14.6. The summed E-state index contributed by atoms with van der Waals surface area (Å²) in [4.78, 5) is 4.68. The third-order valence-electron chi connectivity index (χ3n) is 3.03. The fourth-order valence-electron chi connectivity index (χ4n) is 1.79. The first kappa shape index (κ1) is 14.9. The predicted octanol–water partition coefficient (Wildman–Crippen LogP) is 4.03. The highest BCUT2D eigenvalue weighted by Gasteiger charge is 2.17. The van der Waals surface area contributed by atoms with Crippen molar-refractivity contribution in [1.82, 2.24) is 4.98 Å². The van der Waals surface area contributed by atoms with Gasteiger partial charge in [0.2, 0.25) is 0 Å². The van der Waals surface area contributed by atoms with Gasteiger partial charge in [0.15, 0.2) is 0 Å². The van der Waals surface area contributed by atoms with Crippen LogP contribution in [-0.4, -0.2) is 11.6 Å². The fourth-order valence-corrected chi connectivity index (χ4v) is 2.85. The summed E-state index contributed by atoms with van der Waals surface area (Å²) in [6.07, 6.45) is 1.90. The zero-order valence-electron chi connectivity index (χ0n) is 12.3. The van der Waals surface area contributed by atoms with E-state index in [1.807, 2.05) is 24.3 Å². The molecule has 0 aliphatic carbocycles. The second-order valence-electron chi connectivity index (χ2n) is 5.87. The molecule has 20 heavy (non-hydrogen) atoms. The number of para-hydroxylation sites is 2. The van der Waals surface area contributed by atoms with Gasteiger partial charge in [0, 0.05) is 17.2 Å². The fraction of sp³-hybridized carbons (Fsp3) is 0.438. The second kappa shape index (κ2) is 6.27. The minimum absolute atomic E-state index is 0.129. The summed E-state index contributed by atoms with van der Waals surface area (Å²) in [5, 5.41) is 3.34. The van der Waals surface area contributed by atoms with Crippen LogP contribution < -0.4 is 10.5 Å². The Morgan fingerprint density at radius 1 is 1.25 bits per heavy atom. The van der Waals surface area contributed by atoms with E-state index in [0.717, 1.165) is 18.6 Å². The van der Waals surface area contributed by atoms with E-state index in [4.69, 9.17) is 10.5 Å². The maximum absolute atomic E-state index is 5.83. The summed E-state index contributed by atoms with van der Waals surface area (Å²) in [6.45, 7) is 7.23. The van der Waals surface area contributed by atoms with Crippen LogP contribution in [0.3, 0.4) is 0 Å². The summed E-state index contributed by atoms with van der Waals surface area (Å²) in [5.41, 5.74) is 7.82. The molecule has 108 valence electrons. The first-order chi connectivity index (χ1) is 9.47. The summed E-state index contributed by atoms with van der Waals surface area (Å²) in [7, 11) is 0. The number of rotatable bonds is 5. The van der Waals surface area contributed by atoms with Gasteiger partial charge >= 0.3 is 0 Å². The van der Waals surface area contributed by atoms with Crippen molar-refractivity contribution in [3.63, 3.8) is 0 Å². The molecule has 2 N–H and O–H groups in total. The van der Waals surface area contributed by atoms with Crippen LogP contribution in [0.5, 0.6) is 5.75 Å². The standard InChI is InChI=1S/C16H22N2OS/c1-16(2,3)14-11-20-15(18-14)9-6-10-19-13-8-5-4-7-12(13)17/h4-5,7-8,11H,6,9-10,17H2,1-3H3. The van der Waals surface area contributed by atoms with E-state index in [2.05, 4.69) is 31.1 Å². The van der Waals surface area contributed by atoms with Crippen molar-refractivity contribution in [3.8, 4) is 5.75 Å². The third kappa shape index (κ3) is 3.97. The van der Waals surface area contributed by atoms with E-state index in [1.54, 1.807) is 11.3 Å². The van der Waals surface area contributed by atoms with Gasteiger partial charge in [-0.25, -0.2) is 4.98 Å². The number of ether oxygens (including phenoxy) is 1. The molecule has 0 fully saturated rings. The molecule has 0 aliphatic heterocycles. The lowest BCUT2D eigenvalue weighted by molar-refractivity contribution is 0.312. The van der Waals surface area contributed by atoms with Gasteiger partial charge in [-0.2, -0.15) is 0 Å². The van der Waals surface area contributed by atoms with Gasteiger partial charge < -0.3 is 10.5 Å². The van der Waals surface area contributed by atoms with Crippen LogP contribution in [0.4, 0.5) is 5.69 Å². The number of nitrogens with two attached hydrogens (primary N) is 1. The Morgan fingerprint density at radius 2 is 2.00 bits per heavy atom. The molecule has 2 aromatic rings. The maximum Gasteiger partial charge on any atom is 0.142 e. The lowest BCUT2D eigenvalue weighted by Gasteiger charge is -2.14. The van der Waals surface area contributed by atoms with Crippen molar-refractivity contribution in [2.45, 2.75) is 39.0 Å². The largest absolute Gasteiger partial charge is 0.491 e. The van der Waals surface area contributed by atoms with E-state index < -0.39 is 0 Å². The Hall–Kier alpha value is -1.55. The molecule has 3 nitrogen and oxygen atoms in total. The lowest BCUT2D eigenvalue weighted by Crippen LogP contribution is -2.11. The van der Waals surface area contributed by atoms with E-state index in [9.17, 15) is 0 Å². The van der Waals surface area contributed by atoms with Gasteiger partial charge in [0.05, 0.1) is 23.0 Å². The zero-order valence-corrected chi connectivity index (χ0v) is 13.2. The average Bonchev–Trinajstić information content (AvgIpc) is 2.85. The monoisotopic (exact) mass is 290 g/mol. The number of hydrogen-bond donors (Lipinski definition) is 1. The molecule has 1 aromatic carbocycles. The number of benzene rings is 1. The van der Waals surface area contributed by atoms with Gasteiger partial charge in [-0.3, -0.25) is 0 Å². The van der Waals surface area contributed by atoms with Crippen LogP contribution in [0, 0.1) is 0 Å². The summed E-state index contributed by atoms with van der Waals surface area (Å²) in [6, 6.07) is 7.59. The minimum atomic E-state index is 0.129. The van der Waals surface area contributed by atoms with Crippen molar-refractivity contribution < 1.29 is 4.74 Å². The average molecular weight is 290 g/mol. The number of anilines is 1. The number of nitrogen functional groups attached to an aromatic ring is 1. The van der Waals surface area contributed by atoms with Crippen molar-refractivity contribution in [3.05, 3.63) is 40.3 Å². The van der Waals surface area contributed by atoms with Crippen LogP contribution >= 0.6 is 11.3 Å². The van der Waals surface area contributed by atoms with Gasteiger partial charge in [-0.1, -0.05) is 32.9 Å². The van der Waals surface area contributed by atoms with Crippen LogP contribution in [0.1, 0.15) is 37.9 Å². The van der Waals surface area contributed by atoms with Gasteiger partial charge in [-0.15, -0.1) is 11.3 Å². The van der Waals surface area contributed by atoms with Crippen molar-refractivity contribution in [2.75, 3.05) is 12.3 Å². The number of aromatic nitrogens is 1. The normalized spacial score (nSPS) is 11.6. The van der Waals surface area contributed by atoms with Gasteiger partial charge in [0.25, 0.3) is 0 Å². The molecule has 0 radical (unpaired) electrons. The van der Waals surface area contributed by atoms with Crippen molar-refractivity contribution in [2.24, 2.45) is 0 Å². The Balaban J connectivity index is 1.79. The predicted molar refractivity (Wildman–Crippen MR) is 85.5 cm³/mol. The van der Waals surface area contributed by atoms with E-state index in [1.165, 1.54) is 10.7 Å². The first-order valence-electron chi connectivity index (χ1n) is 6.89. The molecule has 2 rings (SSSR count). The van der Waals surface area contributed by atoms with Crippen molar-refractivity contribution in [1.29, 1.82) is 0 Å². The minimum Gasteiger partial charge on any atom is -0.491 e. The molecule has 0 aliphatic rings. The summed E-state index contributed by atoms with van der Waals surface area (Å²) < 4.78 is 5.68. The molecule has 0 saturated heterocycles. The van der Waals surface area contributed by atoms with Crippen LogP contribution in [-0.2, 0) is 11.8 Å². The van der Waals surface area contributed by atoms with Crippen LogP contribution in [0.15, 0.2) is 29.6 Å². The molecule has 0 unspecified atom stereocenters. The maximum atomic E-state index is 5.83. The van der Waals surface area contributed by atoms with E-state index >= 15 is 0 Å². The molecule has 0 spiro atoms. The number of aryl methyl sites for hydroxylation is 1. The summed E-state index contributed by atoms with van der Waals surface area (Å²) >= 11 is 1.73. The molecule has 0 bridgehead atoms. The van der Waals surface area contributed by atoms with Gasteiger partial charge in [-0.05, 0) is 18.6 Å². The van der Waals surface area contributed by atoms with Crippen LogP contribution in [0.2, 0.25) is 0 Å². The Kier molecular flexibility index (Phi) is 4.65. The van der Waals surface area contributed by atoms with Gasteiger partial charge in [0.1, 0.15) is 5.75 Å². The molecule has 1 aromatic heterocycles. The molecule has 4 heteroatoms. The molecule has 1 heterocycles. The van der Waals surface area contributed by atoms with Crippen LogP contribution in [0.25, 0.3) is 0 Å². The Labute approximate surface area is 124 Å². The van der Waals surface area contributed by atoms with Crippen molar-refractivity contribution >= 4 is 17.0 Å². The highest BCUT2D eigenvalue weighted by Crippen LogP contribution is 2.24. The number of thiazole rings is 1. The first-order valence-corrected chi connectivity index (χ1v) is 7.77. The topological polar surface area (TPSA) is 48.1 Å². The number of nitrogens with zero attached hydrogens (tertiary/aromatic N) is 1. The third-order valence-corrected chi connectivity index (χ3v) is 3.94. The molecule has 0 atom stereocenters. The Bertz CT molecular complexity index is 558. The number of hydrogen-bond acceptors (Lipinski definition) is 4. The Morgan fingerprint density at radius 3 is 2.65 bits per heavy atom. The quantitative estimate of drug-likeness (QED) is 0.668. The highest BCUT2D eigenvalue weighted by molar-refractivity contribution is 7.09. The molecule has 0 amide bonds. The molecule has 0 saturated carbocycles. The smallest absolute Gasteiger partial charge is 0.142 e. The van der Waals surface area contributed by atoms with E-state index in [-0.39, 0.29) is 5.41 Å². The molecular weight excluding hydrogens is 268 g/mol. The molecular formula is C16H22N2OS. The second-order valence-corrected chi connectivity index (χ2v) is 6.81. The summed E-state index contributed by atoms with van der Waals surface area (Å²) in [5.74, 6) is 0.766. The van der Waals surface area contributed by atoms with E-state index in [0.29, 0.717) is 12.3 Å².